The maximum atomic E-state index is 12.5. The summed E-state index contributed by atoms with van der Waals surface area (Å²) >= 11 is 7.40. The number of rotatable bonds is 2. The number of carbonyl (C=O) groups excluding carboxylic acids is 1. The highest BCUT2D eigenvalue weighted by Gasteiger charge is 2.28. The van der Waals surface area contributed by atoms with E-state index in [9.17, 15) is 4.79 Å². The van der Waals surface area contributed by atoms with E-state index in [2.05, 4.69) is 15.1 Å². The second-order valence-electron chi connectivity index (χ2n) is 5.52. The van der Waals surface area contributed by atoms with Crippen molar-refractivity contribution in [2.45, 2.75) is 23.9 Å². The maximum Gasteiger partial charge on any atom is 0.253 e. The SMILES string of the molecule is CSc1nc2nc3c(cn2n1)C(=O)CC(c1ccc(Cl)cc1)C3. The predicted molar refractivity (Wildman–Crippen MR) is 89.4 cm³/mol. The average molecular weight is 345 g/mol. The van der Waals surface area contributed by atoms with E-state index in [-0.39, 0.29) is 11.7 Å². The minimum absolute atomic E-state index is 0.0989. The Morgan fingerprint density at radius 3 is 2.74 bits per heavy atom. The number of benzene rings is 1. The summed E-state index contributed by atoms with van der Waals surface area (Å²) in [5.41, 5.74) is 2.57. The largest absolute Gasteiger partial charge is 0.294 e. The number of thioether (sulfide) groups is 1. The summed E-state index contributed by atoms with van der Waals surface area (Å²) in [6.07, 6.45) is 4.87. The van der Waals surface area contributed by atoms with Crippen LogP contribution < -0.4 is 0 Å². The molecule has 1 aromatic carbocycles. The minimum atomic E-state index is 0.0989. The summed E-state index contributed by atoms with van der Waals surface area (Å²) in [5.74, 6) is 0.768. The number of fused-ring (bicyclic) bond motifs is 2. The third-order valence-electron chi connectivity index (χ3n) is 4.09. The van der Waals surface area contributed by atoms with Crippen LogP contribution in [0.25, 0.3) is 5.78 Å². The van der Waals surface area contributed by atoms with Crippen molar-refractivity contribution in [1.82, 2.24) is 19.6 Å². The molecule has 0 radical (unpaired) electrons. The van der Waals surface area contributed by atoms with E-state index in [4.69, 9.17) is 11.6 Å². The number of hydrogen-bond acceptors (Lipinski definition) is 5. The highest BCUT2D eigenvalue weighted by molar-refractivity contribution is 7.98. The molecule has 0 amide bonds. The first-order chi connectivity index (χ1) is 11.1. The number of nitrogens with zero attached hydrogens (tertiary/aromatic N) is 4. The number of aromatic nitrogens is 4. The Morgan fingerprint density at radius 1 is 1.22 bits per heavy atom. The Labute approximate surface area is 142 Å². The fraction of sp³-hybridized carbons (Fsp3) is 0.250. The van der Waals surface area contributed by atoms with Gasteiger partial charge in [-0.1, -0.05) is 35.5 Å². The van der Waals surface area contributed by atoms with Crippen LogP contribution >= 0.6 is 23.4 Å². The first-order valence-corrected chi connectivity index (χ1v) is 8.83. The van der Waals surface area contributed by atoms with Crippen molar-refractivity contribution in [3.63, 3.8) is 0 Å². The zero-order valence-electron chi connectivity index (χ0n) is 12.4. The molecule has 1 aliphatic carbocycles. The van der Waals surface area contributed by atoms with Crippen molar-refractivity contribution in [2.75, 3.05) is 6.26 Å². The molecule has 0 spiro atoms. The van der Waals surface area contributed by atoms with Crippen LogP contribution in [-0.2, 0) is 6.42 Å². The van der Waals surface area contributed by atoms with Crippen molar-refractivity contribution in [3.05, 3.63) is 52.3 Å². The number of Topliss-reactive ketones (excluding diaryl/α,β-unsaturated/α-hetero) is 1. The molecular formula is C16H13ClN4OS. The van der Waals surface area contributed by atoms with E-state index in [0.29, 0.717) is 27.9 Å². The van der Waals surface area contributed by atoms with Gasteiger partial charge in [-0.3, -0.25) is 4.79 Å². The van der Waals surface area contributed by atoms with Gasteiger partial charge < -0.3 is 0 Å². The zero-order valence-corrected chi connectivity index (χ0v) is 13.9. The van der Waals surface area contributed by atoms with Crippen LogP contribution in [0.5, 0.6) is 0 Å². The summed E-state index contributed by atoms with van der Waals surface area (Å²) in [5, 5.41) is 5.65. The van der Waals surface area contributed by atoms with E-state index in [1.807, 2.05) is 30.5 Å². The minimum Gasteiger partial charge on any atom is -0.294 e. The highest BCUT2D eigenvalue weighted by atomic mass is 35.5. The smallest absolute Gasteiger partial charge is 0.253 e. The molecule has 23 heavy (non-hydrogen) atoms. The predicted octanol–water partition coefficient (Wildman–Crippen LogP) is 3.41. The van der Waals surface area contributed by atoms with Gasteiger partial charge in [-0.15, -0.1) is 5.10 Å². The first-order valence-electron chi connectivity index (χ1n) is 7.23. The Hall–Kier alpha value is -1.92. The van der Waals surface area contributed by atoms with Gasteiger partial charge >= 0.3 is 0 Å². The van der Waals surface area contributed by atoms with Gasteiger partial charge in [0.1, 0.15) is 0 Å². The van der Waals surface area contributed by atoms with E-state index in [1.54, 1.807) is 10.7 Å². The second-order valence-corrected chi connectivity index (χ2v) is 6.73. The average Bonchev–Trinajstić information content (AvgIpc) is 2.96. The van der Waals surface area contributed by atoms with Gasteiger partial charge in [0, 0.05) is 17.6 Å². The Balaban J connectivity index is 1.75. The molecule has 5 nitrogen and oxygen atoms in total. The van der Waals surface area contributed by atoms with Crippen molar-refractivity contribution >= 4 is 34.9 Å². The summed E-state index contributed by atoms with van der Waals surface area (Å²) < 4.78 is 1.59. The lowest BCUT2D eigenvalue weighted by Crippen LogP contribution is -2.21. The van der Waals surface area contributed by atoms with E-state index >= 15 is 0 Å². The van der Waals surface area contributed by atoms with Gasteiger partial charge in [-0.2, -0.15) is 4.98 Å². The number of hydrogen-bond donors (Lipinski definition) is 0. The Morgan fingerprint density at radius 2 is 2.00 bits per heavy atom. The monoisotopic (exact) mass is 344 g/mol. The molecule has 0 N–H and O–H groups in total. The van der Waals surface area contributed by atoms with Crippen molar-refractivity contribution in [1.29, 1.82) is 0 Å². The number of carbonyl (C=O) groups is 1. The highest BCUT2D eigenvalue weighted by Crippen LogP contribution is 2.32. The van der Waals surface area contributed by atoms with Crippen LogP contribution in [0.1, 0.15) is 34.0 Å². The Bertz CT molecular complexity index is 906. The fourth-order valence-corrected chi connectivity index (χ4v) is 3.39. The normalized spacial score (nSPS) is 17.5. The molecule has 1 atom stereocenters. The molecule has 0 saturated carbocycles. The van der Waals surface area contributed by atoms with Crippen molar-refractivity contribution in [2.24, 2.45) is 0 Å². The second kappa shape index (κ2) is 5.62. The molecule has 4 rings (SSSR count). The van der Waals surface area contributed by atoms with Gasteiger partial charge in [0.15, 0.2) is 5.78 Å². The topological polar surface area (TPSA) is 60.1 Å². The molecule has 3 aromatic rings. The van der Waals surface area contributed by atoms with Gasteiger partial charge in [0.25, 0.3) is 5.78 Å². The van der Waals surface area contributed by atoms with Crippen molar-refractivity contribution in [3.8, 4) is 0 Å². The van der Waals surface area contributed by atoms with E-state index in [0.717, 1.165) is 17.7 Å². The molecular weight excluding hydrogens is 332 g/mol. The molecule has 7 heteroatoms. The lowest BCUT2D eigenvalue weighted by Gasteiger charge is -2.23. The van der Waals surface area contributed by atoms with Crippen LogP contribution in [0.3, 0.4) is 0 Å². The molecule has 0 bridgehead atoms. The lowest BCUT2D eigenvalue weighted by molar-refractivity contribution is 0.0962. The molecule has 116 valence electrons. The Kier molecular flexibility index (Phi) is 3.58. The van der Waals surface area contributed by atoms with Gasteiger partial charge in [-0.25, -0.2) is 9.50 Å². The number of halogens is 1. The molecule has 1 unspecified atom stereocenters. The molecule has 0 aliphatic heterocycles. The lowest BCUT2D eigenvalue weighted by atomic mass is 9.82. The number of ketones is 1. The van der Waals surface area contributed by atoms with Crippen LogP contribution in [0, 0.1) is 0 Å². The summed E-state index contributed by atoms with van der Waals surface area (Å²) in [6.45, 7) is 0. The fourth-order valence-electron chi connectivity index (χ4n) is 2.92. The summed E-state index contributed by atoms with van der Waals surface area (Å²) in [7, 11) is 0. The van der Waals surface area contributed by atoms with Crippen LogP contribution in [0.4, 0.5) is 0 Å². The van der Waals surface area contributed by atoms with Crippen molar-refractivity contribution < 1.29 is 4.79 Å². The molecule has 2 aromatic heterocycles. The third kappa shape index (κ3) is 2.62. The van der Waals surface area contributed by atoms with Gasteiger partial charge in [0.05, 0.1) is 11.3 Å². The molecule has 2 heterocycles. The molecule has 1 aliphatic rings. The maximum absolute atomic E-state index is 12.5. The summed E-state index contributed by atoms with van der Waals surface area (Å²) in [6, 6.07) is 7.67. The van der Waals surface area contributed by atoms with E-state index < -0.39 is 0 Å². The molecule has 0 saturated heterocycles. The van der Waals surface area contributed by atoms with Crippen LogP contribution in [0.2, 0.25) is 5.02 Å². The van der Waals surface area contributed by atoms with Gasteiger partial charge in [0.2, 0.25) is 5.16 Å². The zero-order chi connectivity index (χ0) is 16.0. The molecule has 0 fully saturated rings. The third-order valence-corrected chi connectivity index (χ3v) is 4.88. The first kappa shape index (κ1) is 14.7. The van der Waals surface area contributed by atoms with Crippen LogP contribution in [-0.4, -0.2) is 31.6 Å². The van der Waals surface area contributed by atoms with Crippen LogP contribution in [0.15, 0.2) is 35.6 Å². The van der Waals surface area contributed by atoms with Gasteiger partial charge in [-0.05, 0) is 36.3 Å². The quantitative estimate of drug-likeness (QED) is 0.667. The van der Waals surface area contributed by atoms with E-state index in [1.165, 1.54) is 11.8 Å². The standard InChI is InChI=1S/C16H13ClN4OS/c1-23-16-19-15-18-13-6-10(9-2-4-11(17)5-3-9)7-14(22)12(13)8-21(15)20-16/h2-5,8,10H,6-7H2,1H3. The summed E-state index contributed by atoms with van der Waals surface area (Å²) in [4.78, 5) is 21.4.